The van der Waals surface area contributed by atoms with Crippen LogP contribution in [0.4, 0.5) is 0 Å². The molecule has 0 aliphatic rings. The molecule has 0 saturated carbocycles. The van der Waals surface area contributed by atoms with Crippen molar-refractivity contribution in [2.24, 2.45) is 11.7 Å². The average Bonchev–Trinajstić information content (AvgIpc) is 2.76. The maximum atomic E-state index is 11.8. The van der Waals surface area contributed by atoms with E-state index >= 15 is 0 Å². The third-order valence-corrected chi connectivity index (χ3v) is 3.89. The molecule has 0 aliphatic heterocycles. The molecular formula is C12H21N3OS. The molecule has 0 radical (unpaired) electrons. The first-order chi connectivity index (χ1) is 7.95. The number of rotatable bonds is 5. The number of nitrogens with two attached hydrogens (primary N) is 1. The van der Waals surface area contributed by atoms with E-state index in [4.69, 9.17) is 5.73 Å². The number of hydrogen-bond donors (Lipinski definition) is 2. The van der Waals surface area contributed by atoms with Crippen LogP contribution in [-0.2, 0) is 11.2 Å². The van der Waals surface area contributed by atoms with Gasteiger partial charge in [0.1, 0.15) is 0 Å². The molecule has 0 bridgehead atoms. The van der Waals surface area contributed by atoms with E-state index in [9.17, 15) is 4.79 Å². The Morgan fingerprint density at radius 3 is 2.65 bits per heavy atom. The summed E-state index contributed by atoms with van der Waals surface area (Å²) in [7, 11) is 0. The van der Waals surface area contributed by atoms with Gasteiger partial charge in [0.05, 0.1) is 16.7 Å². The van der Waals surface area contributed by atoms with Crippen LogP contribution in [0.1, 0.15) is 44.4 Å². The van der Waals surface area contributed by atoms with Gasteiger partial charge in [-0.05, 0) is 20.3 Å². The summed E-state index contributed by atoms with van der Waals surface area (Å²) in [5.74, 6) is -0.194. The zero-order chi connectivity index (χ0) is 13.0. The lowest BCUT2D eigenvalue weighted by Crippen LogP contribution is -2.39. The first-order valence-electron chi connectivity index (χ1n) is 5.96. The Morgan fingerprint density at radius 1 is 1.53 bits per heavy atom. The third-order valence-electron chi connectivity index (χ3n) is 2.88. The van der Waals surface area contributed by atoms with Crippen molar-refractivity contribution in [2.75, 3.05) is 0 Å². The highest BCUT2D eigenvalue weighted by atomic mass is 32.1. The van der Waals surface area contributed by atoms with Crippen LogP contribution in [0, 0.1) is 5.92 Å². The molecule has 17 heavy (non-hydrogen) atoms. The monoisotopic (exact) mass is 255 g/mol. The van der Waals surface area contributed by atoms with Gasteiger partial charge in [-0.2, -0.15) is 0 Å². The van der Waals surface area contributed by atoms with Crippen LogP contribution < -0.4 is 11.1 Å². The van der Waals surface area contributed by atoms with Gasteiger partial charge in [-0.1, -0.05) is 13.8 Å². The number of carbonyl (C=O) groups is 1. The van der Waals surface area contributed by atoms with Gasteiger partial charge in [0.15, 0.2) is 0 Å². The summed E-state index contributed by atoms with van der Waals surface area (Å²) in [6.07, 6.45) is 0.932. The van der Waals surface area contributed by atoms with Gasteiger partial charge in [-0.25, -0.2) is 4.98 Å². The van der Waals surface area contributed by atoms with Crippen LogP contribution in [0.3, 0.4) is 0 Å². The Labute approximate surface area is 107 Å². The molecule has 3 unspecified atom stereocenters. The molecule has 1 heterocycles. The normalized spacial score (nSPS) is 16.3. The number of nitrogens with one attached hydrogen (secondary N) is 1. The summed E-state index contributed by atoms with van der Waals surface area (Å²) >= 11 is 1.63. The van der Waals surface area contributed by atoms with Crippen molar-refractivity contribution in [3.63, 3.8) is 0 Å². The van der Waals surface area contributed by atoms with E-state index in [2.05, 4.69) is 17.2 Å². The summed E-state index contributed by atoms with van der Waals surface area (Å²) < 4.78 is 0. The molecule has 0 fully saturated rings. The van der Waals surface area contributed by atoms with Crippen molar-refractivity contribution < 1.29 is 4.79 Å². The molecule has 1 amide bonds. The Morgan fingerprint density at radius 2 is 2.18 bits per heavy atom. The highest BCUT2D eigenvalue weighted by Gasteiger charge is 2.20. The largest absolute Gasteiger partial charge is 0.348 e. The number of carbonyl (C=O) groups excluding carboxylic acids is 1. The number of hydrogen-bond acceptors (Lipinski definition) is 4. The Kier molecular flexibility index (Phi) is 5.08. The quantitative estimate of drug-likeness (QED) is 0.844. The van der Waals surface area contributed by atoms with Gasteiger partial charge in [-0.15, -0.1) is 11.3 Å². The molecule has 0 spiro atoms. The van der Waals surface area contributed by atoms with E-state index in [1.54, 1.807) is 11.3 Å². The smallest absolute Gasteiger partial charge is 0.224 e. The van der Waals surface area contributed by atoms with E-state index in [0.717, 1.165) is 17.1 Å². The van der Waals surface area contributed by atoms with E-state index in [1.807, 2.05) is 26.2 Å². The summed E-state index contributed by atoms with van der Waals surface area (Å²) in [5, 5.41) is 6.04. The van der Waals surface area contributed by atoms with Crippen molar-refractivity contribution in [2.45, 2.75) is 46.2 Å². The van der Waals surface area contributed by atoms with Crippen LogP contribution in [0.2, 0.25) is 0 Å². The number of amides is 1. The van der Waals surface area contributed by atoms with Gasteiger partial charge in [0, 0.05) is 17.3 Å². The number of thiazole rings is 1. The predicted molar refractivity (Wildman–Crippen MR) is 70.9 cm³/mol. The molecule has 0 saturated heterocycles. The Hall–Kier alpha value is -0.940. The fraction of sp³-hybridized carbons (Fsp3) is 0.667. The number of aryl methyl sites for hydroxylation is 1. The maximum Gasteiger partial charge on any atom is 0.224 e. The molecule has 96 valence electrons. The van der Waals surface area contributed by atoms with E-state index in [0.29, 0.717) is 0 Å². The minimum atomic E-state index is -0.179. The number of aromatic nitrogens is 1. The third kappa shape index (κ3) is 3.78. The Balaban J connectivity index is 2.59. The van der Waals surface area contributed by atoms with Gasteiger partial charge >= 0.3 is 0 Å². The highest BCUT2D eigenvalue weighted by molar-refractivity contribution is 7.09. The van der Waals surface area contributed by atoms with Gasteiger partial charge in [-0.3, -0.25) is 4.79 Å². The van der Waals surface area contributed by atoms with E-state index in [-0.39, 0.29) is 23.9 Å². The lowest BCUT2D eigenvalue weighted by molar-refractivity contribution is -0.125. The molecule has 0 aromatic carbocycles. The second-order valence-electron chi connectivity index (χ2n) is 4.40. The molecule has 5 heteroatoms. The molecule has 3 atom stereocenters. The van der Waals surface area contributed by atoms with E-state index < -0.39 is 0 Å². The van der Waals surface area contributed by atoms with Crippen LogP contribution >= 0.6 is 11.3 Å². The molecule has 1 aromatic rings. The summed E-state index contributed by atoms with van der Waals surface area (Å²) in [5.41, 5.74) is 6.63. The second kappa shape index (κ2) is 6.12. The zero-order valence-corrected chi connectivity index (χ0v) is 11.7. The number of nitrogens with zero attached hydrogens (tertiary/aromatic N) is 1. The molecule has 4 nitrogen and oxygen atoms in total. The van der Waals surface area contributed by atoms with Crippen molar-refractivity contribution >= 4 is 17.2 Å². The predicted octanol–water partition coefficient (Wildman–Crippen LogP) is 1.87. The topological polar surface area (TPSA) is 68.0 Å². The first kappa shape index (κ1) is 14.1. The second-order valence-corrected chi connectivity index (χ2v) is 5.34. The van der Waals surface area contributed by atoms with Crippen molar-refractivity contribution in [3.8, 4) is 0 Å². The van der Waals surface area contributed by atoms with Gasteiger partial charge < -0.3 is 11.1 Å². The summed E-state index contributed by atoms with van der Waals surface area (Å²) in [6, 6.07) is -0.191. The standard InChI is InChI=1S/C12H21N3OS/c1-5-11-15-10(6-17-11)9(4)14-12(16)7(2)8(3)13/h6-9H,5,13H2,1-4H3,(H,14,16). The summed E-state index contributed by atoms with van der Waals surface area (Å²) in [6.45, 7) is 7.70. The minimum absolute atomic E-state index is 0.0152. The molecule has 1 rings (SSSR count). The van der Waals surface area contributed by atoms with Crippen LogP contribution in [-0.4, -0.2) is 16.9 Å². The minimum Gasteiger partial charge on any atom is -0.348 e. The molecule has 1 aromatic heterocycles. The fourth-order valence-electron chi connectivity index (χ4n) is 1.34. The summed E-state index contributed by atoms with van der Waals surface area (Å²) in [4.78, 5) is 16.3. The van der Waals surface area contributed by atoms with Crippen LogP contribution in [0.25, 0.3) is 0 Å². The highest BCUT2D eigenvalue weighted by Crippen LogP contribution is 2.17. The van der Waals surface area contributed by atoms with Crippen molar-refractivity contribution in [3.05, 3.63) is 16.1 Å². The van der Waals surface area contributed by atoms with Gasteiger partial charge in [0.2, 0.25) is 5.91 Å². The molecular weight excluding hydrogens is 234 g/mol. The van der Waals surface area contributed by atoms with Crippen LogP contribution in [0.5, 0.6) is 0 Å². The van der Waals surface area contributed by atoms with Crippen molar-refractivity contribution in [1.82, 2.24) is 10.3 Å². The maximum absolute atomic E-state index is 11.8. The zero-order valence-electron chi connectivity index (χ0n) is 10.9. The van der Waals surface area contributed by atoms with Gasteiger partial charge in [0.25, 0.3) is 0 Å². The molecule has 0 aliphatic carbocycles. The Bertz CT molecular complexity index is 376. The van der Waals surface area contributed by atoms with E-state index in [1.165, 1.54) is 0 Å². The average molecular weight is 255 g/mol. The first-order valence-corrected chi connectivity index (χ1v) is 6.83. The molecule has 3 N–H and O–H groups in total. The SMILES string of the molecule is CCc1nc(C(C)NC(=O)C(C)C(C)N)cs1. The lowest BCUT2D eigenvalue weighted by atomic mass is 10.0. The van der Waals surface area contributed by atoms with Crippen molar-refractivity contribution in [1.29, 1.82) is 0 Å². The van der Waals surface area contributed by atoms with Crippen LogP contribution in [0.15, 0.2) is 5.38 Å². The lowest BCUT2D eigenvalue weighted by Gasteiger charge is -2.18. The fourth-order valence-corrected chi connectivity index (χ4v) is 2.18.